The Kier molecular flexibility index (Phi) is 6380. The average molecular weight is 303 g/mol. The van der Waals surface area contributed by atoms with Gasteiger partial charge in [-0.2, -0.15) is 0 Å². The maximum Gasteiger partial charge on any atom is 3.00 e. The van der Waals surface area contributed by atoms with Gasteiger partial charge < -0.3 is 32.9 Å². The molecule has 55 valence electrons. The second-order valence-electron chi connectivity index (χ2n) is 0. The molecule has 0 aromatic carbocycles. The molecule has 0 rings (SSSR count). The van der Waals surface area contributed by atoms with Crippen LogP contribution in [0.5, 0.6) is 0 Å². The van der Waals surface area contributed by atoms with Crippen molar-refractivity contribution in [2.24, 2.45) is 0 Å². The van der Waals surface area contributed by atoms with Gasteiger partial charge in [-0.3, -0.25) is 0 Å². The summed E-state index contributed by atoms with van der Waals surface area (Å²) >= 11 is 0. The Bertz CT molecular complexity index is 8.49. The number of hydrogen-bond acceptors (Lipinski definition) is 5. The zero-order valence-electron chi connectivity index (χ0n) is 3.59. The predicted octanol–water partition coefficient (Wildman–Crippen LogP) is -1.71. The van der Waals surface area contributed by atoms with Gasteiger partial charge >= 0.3 is 57.9 Å². The maximum absolute atomic E-state index is 0. The summed E-state index contributed by atoms with van der Waals surface area (Å²) in [5.41, 5.74) is 0. The van der Waals surface area contributed by atoms with Crippen molar-refractivity contribution in [2.75, 3.05) is 0 Å². The summed E-state index contributed by atoms with van der Waals surface area (Å²) in [5.74, 6) is 0. The van der Waals surface area contributed by atoms with Crippen molar-refractivity contribution in [2.45, 2.75) is 0 Å². The van der Waals surface area contributed by atoms with E-state index in [4.69, 9.17) is 0 Å². The second-order valence-corrected chi connectivity index (χ2v) is 0. The van der Waals surface area contributed by atoms with Crippen LogP contribution in [0.4, 0.5) is 0 Å². The van der Waals surface area contributed by atoms with Gasteiger partial charge in [-0.15, -0.1) is 0 Å². The topological polar surface area (TPSA) is 182 Å². The van der Waals surface area contributed by atoms with Crippen molar-refractivity contribution in [3.8, 4) is 0 Å². The van der Waals surface area contributed by atoms with E-state index in [2.05, 4.69) is 0 Å². The molecule has 0 spiro atoms. The maximum atomic E-state index is 0. The molecule has 8 heteroatoms. The molecule has 0 saturated carbocycles. The largest absolute Gasteiger partial charge is 3.00 e. The molecular weight excluding hydrogens is 296 g/mol. The minimum atomic E-state index is 0. The molecule has 0 aliphatic rings. The smallest absolute Gasteiger partial charge is 0.870 e. The minimum absolute atomic E-state index is 0. The van der Waals surface area contributed by atoms with Crippen LogP contribution in [0.15, 0.2) is 0 Å². The molecule has 8 heavy (non-hydrogen) atoms. The standard InChI is InChI=1S/Fe.Nd.6H2O/h;;6*1H2/q+2;+3;;;;;;/p-5. The Morgan fingerprint density at radius 1 is 0.500 bits per heavy atom. The van der Waals surface area contributed by atoms with Crippen LogP contribution in [0.25, 0.3) is 0 Å². The summed E-state index contributed by atoms with van der Waals surface area (Å²) < 4.78 is 0. The van der Waals surface area contributed by atoms with Gasteiger partial charge in [0.15, 0.2) is 0 Å². The van der Waals surface area contributed by atoms with E-state index in [9.17, 15) is 0 Å². The van der Waals surface area contributed by atoms with Crippen LogP contribution >= 0.6 is 0 Å². The van der Waals surface area contributed by atoms with Crippen molar-refractivity contribution in [1.29, 1.82) is 0 Å². The van der Waals surface area contributed by atoms with Crippen molar-refractivity contribution in [3.05, 3.63) is 0 Å². The quantitative estimate of drug-likeness (QED) is 0.482. The van der Waals surface area contributed by atoms with Crippen LogP contribution in [-0.2, 0) is 17.1 Å². The predicted molar refractivity (Wildman–Crippen MR) is 13.3 cm³/mol. The van der Waals surface area contributed by atoms with Crippen LogP contribution in [0, 0.1) is 40.8 Å². The molecule has 0 atom stereocenters. The molecule has 0 saturated heterocycles. The van der Waals surface area contributed by atoms with E-state index >= 15 is 0 Å². The third-order valence-corrected chi connectivity index (χ3v) is 0. The van der Waals surface area contributed by atoms with Gasteiger partial charge in [0.2, 0.25) is 0 Å². The van der Waals surface area contributed by atoms with E-state index in [1.165, 1.54) is 0 Å². The van der Waals surface area contributed by atoms with Gasteiger partial charge in [-0.1, -0.05) is 0 Å². The molecule has 1 radical (unpaired) electrons. The molecule has 0 bridgehead atoms. The van der Waals surface area contributed by atoms with Gasteiger partial charge in [0.05, 0.1) is 0 Å². The molecule has 0 heterocycles. The molecule has 0 aliphatic carbocycles. The van der Waals surface area contributed by atoms with E-state index in [-0.39, 0.29) is 90.8 Å². The van der Waals surface area contributed by atoms with Gasteiger partial charge in [0.1, 0.15) is 0 Å². The molecule has 0 amide bonds. The monoisotopic (exact) mass is 301 g/mol. The molecule has 0 aromatic rings. The van der Waals surface area contributed by atoms with Crippen LogP contribution in [0.3, 0.4) is 0 Å². The van der Waals surface area contributed by atoms with Gasteiger partial charge in [-0.05, 0) is 0 Å². The Balaban J connectivity index is 0. The average Bonchev–Trinajstić information content (AvgIpc) is 0. The van der Waals surface area contributed by atoms with Gasteiger partial charge in [0, 0.05) is 0 Å². The fourth-order valence-electron chi connectivity index (χ4n) is 0. The van der Waals surface area contributed by atoms with E-state index < -0.39 is 0 Å². The summed E-state index contributed by atoms with van der Waals surface area (Å²) in [6, 6.07) is 0. The number of rotatable bonds is 0. The van der Waals surface area contributed by atoms with Gasteiger partial charge in [-0.25, -0.2) is 0 Å². The fraction of sp³-hybridized carbons (Fsp3) is 0. The first kappa shape index (κ1) is 270. The van der Waals surface area contributed by atoms with Gasteiger partial charge in [0.25, 0.3) is 0 Å². The summed E-state index contributed by atoms with van der Waals surface area (Å²) in [6.45, 7) is 0. The Morgan fingerprint density at radius 3 is 0.500 bits per heavy atom. The zero-order chi connectivity index (χ0) is 0. The third-order valence-electron chi connectivity index (χ3n) is 0. The Labute approximate surface area is 89.9 Å². The van der Waals surface area contributed by atoms with Crippen molar-refractivity contribution < 1.29 is 90.8 Å². The van der Waals surface area contributed by atoms with Crippen LogP contribution in [0.2, 0.25) is 0 Å². The van der Waals surface area contributed by atoms with E-state index in [0.717, 1.165) is 0 Å². The second kappa shape index (κ2) is 189. The summed E-state index contributed by atoms with van der Waals surface area (Å²) in [5, 5.41) is 0. The van der Waals surface area contributed by atoms with Crippen molar-refractivity contribution >= 4 is 0 Å². The van der Waals surface area contributed by atoms with Crippen LogP contribution in [0.1, 0.15) is 0 Å². The fourth-order valence-corrected chi connectivity index (χ4v) is 0. The van der Waals surface area contributed by atoms with E-state index in [1.54, 1.807) is 0 Å². The third kappa shape index (κ3) is 126. The molecule has 0 aromatic heterocycles. The minimum Gasteiger partial charge on any atom is -0.870 e. The molecular formula is H7FeNdO6. The summed E-state index contributed by atoms with van der Waals surface area (Å²) in [4.78, 5) is 0. The normalized spacial score (nSPS) is 0. The molecule has 0 fully saturated rings. The SMILES string of the molecule is O.[Fe+2].[Nd+3].[OH-].[OH-].[OH-].[OH-].[OH-]. The molecule has 6 nitrogen and oxygen atoms in total. The molecule has 7 N–H and O–H groups in total. The van der Waals surface area contributed by atoms with E-state index in [1.807, 2.05) is 0 Å². The first-order chi connectivity index (χ1) is 0. The Hall–Kier alpha value is 1.63. The van der Waals surface area contributed by atoms with Crippen LogP contribution < -0.4 is 0 Å². The van der Waals surface area contributed by atoms with Crippen molar-refractivity contribution in [3.63, 3.8) is 0 Å². The Morgan fingerprint density at radius 2 is 0.500 bits per heavy atom. The van der Waals surface area contributed by atoms with Crippen molar-refractivity contribution in [1.82, 2.24) is 0 Å². The molecule has 0 unspecified atom stereocenters. The molecule has 0 aliphatic heterocycles. The zero-order valence-corrected chi connectivity index (χ0v) is 7.90. The van der Waals surface area contributed by atoms with E-state index in [0.29, 0.717) is 0 Å². The number of hydrogen-bond donors (Lipinski definition) is 0. The summed E-state index contributed by atoms with van der Waals surface area (Å²) in [7, 11) is 0. The first-order valence-electron chi connectivity index (χ1n) is 0. The summed E-state index contributed by atoms with van der Waals surface area (Å²) in [6.07, 6.45) is 0. The van der Waals surface area contributed by atoms with Crippen LogP contribution in [-0.4, -0.2) is 32.9 Å². The first-order valence-corrected chi connectivity index (χ1v) is 0.